The van der Waals surface area contributed by atoms with Crippen LogP contribution in [0.15, 0.2) is 22.5 Å². The van der Waals surface area contributed by atoms with Crippen molar-refractivity contribution in [3.8, 4) is 12.3 Å². The zero-order valence-corrected chi connectivity index (χ0v) is 13.3. The Morgan fingerprint density at radius 3 is 2.68 bits per heavy atom. The van der Waals surface area contributed by atoms with E-state index in [9.17, 15) is 18.0 Å². The first-order chi connectivity index (χ1) is 11.8. The summed E-state index contributed by atoms with van der Waals surface area (Å²) >= 11 is 0. The molecule has 0 aromatic carbocycles. The summed E-state index contributed by atoms with van der Waals surface area (Å²) < 4.78 is 37.6. The first-order valence-corrected chi connectivity index (χ1v) is 7.63. The van der Waals surface area contributed by atoms with E-state index in [1.165, 1.54) is 0 Å². The van der Waals surface area contributed by atoms with Crippen LogP contribution in [0.1, 0.15) is 31.4 Å². The smallest absolute Gasteiger partial charge is 0.354 e. The van der Waals surface area contributed by atoms with Crippen molar-refractivity contribution in [2.45, 2.75) is 37.5 Å². The SMILES string of the molecule is C#CCCC1(CCC(=O)NCCNc2nccc(C(F)(F)F)n2)N=N1. The predicted molar refractivity (Wildman–Crippen MR) is 83.4 cm³/mol. The summed E-state index contributed by atoms with van der Waals surface area (Å²) in [6.07, 6.45) is 3.61. The summed E-state index contributed by atoms with van der Waals surface area (Å²) in [5.74, 6) is 2.17. The van der Waals surface area contributed by atoms with Crippen molar-refractivity contribution < 1.29 is 18.0 Å². The lowest BCUT2D eigenvalue weighted by molar-refractivity contribution is -0.141. The van der Waals surface area contributed by atoms with Crippen LogP contribution < -0.4 is 10.6 Å². The van der Waals surface area contributed by atoms with Crippen molar-refractivity contribution in [2.24, 2.45) is 10.2 Å². The molecule has 1 aliphatic heterocycles. The molecule has 2 rings (SSSR count). The number of nitrogens with zero attached hydrogens (tertiary/aromatic N) is 4. The monoisotopic (exact) mass is 354 g/mol. The number of carbonyl (C=O) groups is 1. The number of anilines is 1. The third-order valence-electron chi connectivity index (χ3n) is 3.48. The topological polar surface area (TPSA) is 91.6 Å². The maximum atomic E-state index is 12.5. The molecular weight excluding hydrogens is 337 g/mol. The average Bonchev–Trinajstić information content (AvgIpc) is 3.35. The molecule has 0 spiro atoms. The highest BCUT2D eigenvalue weighted by molar-refractivity contribution is 5.76. The van der Waals surface area contributed by atoms with E-state index in [0.717, 1.165) is 12.3 Å². The molecule has 0 unspecified atom stereocenters. The van der Waals surface area contributed by atoms with E-state index >= 15 is 0 Å². The molecule has 0 radical (unpaired) electrons. The van der Waals surface area contributed by atoms with Gasteiger partial charge in [-0.15, -0.1) is 12.3 Å². The largest absolute Gasteiger partial charge is 0.433 e. The van der Waals surface area contributed by atoms with Crippen molar-refractivity contribution >= 4 is 11.9 Å². The highest BCUT2D eigenvalue weighted by atomic mass is 19.4. The van der Waals surface area contributed by atoms with Gasteiger partial charge in [0.15, 0.2) is 5.66 Å². The van der Waals surface area contributed by atoms with Gasteiger partial charge in [-0.25, -0.2) is 9.97 Å². The van der Waals surface area contributed by atoms with Crippen LogP contribution in [-0.2, 0) is 11.0 Å². The summed E-state index contributed by atoms with van der Waals surface area (Å²) in [6.45, 7) is 0.425. The minimum absolute atomic E-state index is 0.145. The third-order valence-corrected chi connectivity index (χ3v) is 3.48. The van der Waals surface area contributed by atoms with Gasteiger partial charge in [-0.05, 0) is 6.07 Å². The number of nitrogens with one attached hydrogen (secondary N) is 2. The van der Waals surface area contributed by atoms with Crippen LogP contribution in [0.4, 0.5) is 19.1 Å². The lowest BCUT2D eigenvalue weighted by Crippen LogP contribution is -2.30. The lowest BCUT2D eigenvalue weighted by atomic mass is 10.0. The molecule has 0 saturated heterocycles. The molecule has 2 heterocycles. The number of alkyl halides is 3. The third kappa shape index (κ3) is 6.02. The number of aromatic nitrogens is 2. The van der Waals surface area contributed by atoms with Gasteiger partial charge < -0.3 is 10.6 Å². The van der Waals surface area contributed by atoms with Gasteiger partial charge >= 0.3 is 6.18 Å². The Morgan fingerprint density at radius 1 is 1.28 bits per heavy atom. The molecule has 0 bridgehead atoms. The standard InChI is InChI=1S/C15H17F3N6O/c1-2-3-6-14(23-24-14)7-4-12(25)19-9-10-21-13-20-8-5-11(22-13)15(16,17)18/h1,5,8H,3-4,6-7,9-10H2,(H,19,25)(H,20,21,22). The highest BCUT2D eigenvalue weighted by Gasteiger charge is 2.39. The van der Waals surface area contributed by atoms with Gasteiger partial charge in [-0.3, -0.25) is 4.79 Å². The summed E-state index contributed by atoms with van der Waals surface area (Å²) in [5.41, 5.74) is -1.53. The van der Waals surface area contributed by atoms with Crippen LogP contribution >= 0.6 is 0 Å². The Balaban J connectivity index is 1.64. The Morgan fingerprint density at radius 2 is 2.04 bits per heavy atom. The van der Waals surface area contributed by atoms with Crippen LogP contribution in [0.2, 0.25) is 0 Å². The van der Waals surface area contributed by atoms with E-state index in [1.54, 1.807) is 0 Å². The van der Waals surface area contributed by atoms with Gasteiger partial charge in [-0.2, -0.15) is 23.4 Å². The van der Waals surface area contributed by atoms with Crippen molar-refractivity contribution in [1.82, 2.24) is 15.3 Å². The lowest BCUT2D eigenvalue weighted by Gasteiger charge is -2.10. The maximum Gasteiger partial charge on any atom is 0.433 e. The number of carbonyl (C=O) groups excluding carboxylic acids is 1. The number of amides is 1. The summed E-state index contributed by atoms with van der Waals surface area (Å²) in [4.78, 5) is 18.8. The molecule has 1 aromatic rings. The molecule has 1 aliphatic rings. The summed E-state index contributed by atoms with van der Waals surface area (Å²) in [5, 5.41) is 13.2. The number of terminal acetylenes is 1. The average molecular weight is 354 g/mol. The van der Waals surface area contributed by atoms with Crippen LogP contribution in [0.25, 0.3) is 0 Å². The van der Waals surface area contributed by atoms with Crippen molar-refractivity contribution in [2.75, 3.05) is 18.4 Å². The first-order valence-electron chi connectivity index (χ1n) is 7.63. The predicted octanol–water partition coefficient (Wildman–Crippen LogP) is 2.38. The number of halogens is 3. The number of hydrogen-bond donors (Lipinski definition) is 2. The molecule has 0 saturated carbocycles. The molecule has 1 amide bonds. The number of rotatable bonds is 9. The van der Waals surface area contributed by atoms with Crippen molar-refractivity contribution in [3.05, 3.63) is 18.0 Å². The Hall–Kier alpha value is -2.70. The molecule has 134 valence electrons. The van der Waals surface area contributed by atoms with E-state index in [0.29, 0.717) is 19.3 Å². The minimum atomic E-state index is -4.53. The van der Waals surface area contributed by atoms with Crippen LogP contribution in [-0.4, -0.2) is 34.6 Å². The second-order valence-corrected chi connectivity index (χ2v) is 5.43. The van der Waals surface area contributed by atoms with Gasteiger partial charge in [0.2, 0.25) is 11.9 Å². The molecule has 0 atom stereocenters. The molecular formula is C15H17F3N6O. The van der Waals surface area contributed by atoms with Gasteiger partial charge in [0.05, 0.1) is 0 Å². The van der Waals surface area contributed by atoms with E-state index in [1.807, 2.05) is 0 Å². The van der Waals surface area contributed by atoms with Crippen LogP contribution in [0, 0.1) is 12.3 Å². The Labute approximate surface area is 142 Å². The van der Waals surface area contributed by atoms with Crippen molar-refractivity contribution in [1.29, 1.82) is 0 Å². The van der Waals surface area contributed by atoms with Gasteiger partial charge in [-0.1, -0.05) is 0 Å². The molecule has 7 nitrogen and oxygen atoms in total. The second-order valence-electron chi connectivity index (χ2n) is 5.43. The molecule has 0 aliphatic carbocycles. The van der Waals surface area contributed by atoms with Crippen molar-refractivity contribution in [3.63, 3.8) is 0 Å². The number of hydrogen-bond acceptors (Lipinski definition) is 6. The van der Waals surface area contributed by atoms with Gasteiger partial charge in [0, 0.05) is 45.0 Å². The second kappa shape index (κ2) is 7.92. The van der Waals surface area contributed by atoms with E-state index in [2.05, 4.69) is 36.8 Å². The van der Waals surface area contributed by atoms with Gasteiger partial charge in [0.1, 0.15) is 5.69 Å². The van der Waals surface area contributed by atoms with E-state index < -0.39 is 17.5 Å². The molecule has 1 aromatic heterocycles. The van der Waals surface area contributed by atoms with Gasteiger partial charge in [0.25, 0.3) is 0 Å². The quantitative estimate of drug-likeness (QED) is 0.526. The fourth-order valence-electron chi connectivity index (χ4n) is 2.05. The molecule has 0 fully saturated rings. The Bertz CT molecular complexity index is 677. The van der Waals surface area contributed by atoms with Crippen LogP contribution in [0.5, 0.6) is 0 Å². The highest BCUT2D eigenvalue weighted by Crippen LogP contribution is 2.37. The zero-order chi connectivity index (χ0) is 18.3. The Kier molecular flexibility index (Phi) is 5.90. The van der Waals surface area contributed by atoms with Crippen LogP contribution in [0.3, 0.4) is 0 Å². The molecule has 10 heteroatoms. The zero-order valence-electron chi connectivity index (χ0n) is 13.3. The normalized spacial score (nSPS) is 14.6. The summed E-state index contributed by atoms with van der Waals surface area (Å²) in [7, 11) is 0. The van der Waals surface area contributed by atoms with E-state index in [4.69, 9.17) is 6.42 Å². The minimum Gasteiger partial charge on any atom is -0.354 e. The maximum absolute atomic E-state index is 12.5. The molecule has 25 heavy (non-hydrogen) atoms. The fraction of sp³-hybridized carbons (Fsp3) is 0.533. The molecule has 2 N–H and O–H groups in total. The van der Waals surface area contributed by atoms with E-state index in [-0.39, 0.29) is 31.4 Å². The first kappa shape index (κ1) is 18.6. The fourth-order valence-corrected chi connectivity index (χ4v) is 2.05. The summed E-state index contributed by atoms with van der Waals surface area (Å²) in [6, 6.07) is 0.789.